The third-order valence-corrected chi connectivity index (χ3v) is 8.87. The number of para-hydroxylation sites is 1. The Hall–Kier alpha value is -3.33. The molecule has 9 heteroatoms. The summed E-state index contributed by atoms with van der Waals surface area (Å²) in [7, 11) is 0. The SMILES string of the molecule is O=C(CC[C@@H]1CN(Cc2ccccc2Cl)CC[C@@H]1N1CCN(c2ccccc2F)CC1)Nc1ccc2c(c1)OCO2. The molecule has 41 heavy (non-hydrogen) atoms. The molecular weight excluding hydrogens is 543 g/mol. The summed E-state index contributed by atoms with van der Waals surface area (Å²) in [4.78, 5) is 20.2. The number of amides is 1. The molecule has 0 unspecified atom stereocenters. The second-order valence-corrected chi connectivity index (χ2v) is 11.5. The monoisotopic (exact) mass is 578 g/mol. The third kappa shape index (κ3) is 6.61. The average molecular weight is 579 g/mol. The molecule has 0 spiro atoms. The molecule has 0 radical (unpaired) electrons. The van der Waals surface area contributed by atoms with Crippen molar-refractivity contribution in [3.63, 3.8) is 0 Å². The smallest absolute Gasteiger partial charge is 0.231 e. The molecule has 1 N–H and O–H groups in total. The molecule has 3 heterocycles. The van der Waals surface area contributed by atoms with Crippen LogP contribution in [0.4, 0.5) is 15.8 Å². The zero-order valence-corrected chi connectivity index (χ0v) is 23.9. The molecule has 3 aliphatic rings. The lowest BCUT2D eigenvalue weighted by atomic mass is 9.86. The minimum atomic E-state index is -0.167. The number of ether oxygens (including phenoxy) is 2. The van der Waals surface area contributed by atoms with Crippen molar-refractivity contribution in [2.45, 2.75) is 31.8 Å². The highest BCUT2D eigenvalue weighted by Crippen LogP contribution is 2.35. The van der Waals surface area contributed by atoms with Crippen LogP contribution in [0, 0.1) is 11.7 Å². The minimum Gasteiger partial charge on any atom is -0.454 e. The van der Waals surface area contributed by atoms with Crippen LogP contribution in [0.3, 0.4) is 0 Å². The Morgan fingerprint density at radius 1 is 0.951 bits per heavy atom. The molecule has 2 fully saturated rings. The number of nitrogens with one attached hydrogen (secondary N) is 1. The lowest BCUT2D eigenvalue weighted by molar-refractivity contribution is -0.116. The molecule has 6 rings (SSSR count). The van der Waals surface area contributed by atoms with Crippen LogP contribution in [-0.4, -0.2) is 67.8 Å². The number of anilines is 2. The Morgan fingerprint density at radius 2 is 1.73 bits per heavy atom. The number of carbonyl (C=O) groups is 1. The number of likely N-dealkylation sites (tertiary alicyclic amines) is 1. The van der Waals surface area contributed by atoms with Gasteiger partial charge in [0.1, 0.15) is 5.82 Å². The fraction of sp³-hybridized carbons (Fsp3) is 0.406. The molecular formula is C32H36ClFN4O3. The van der Waals surface area contributed by atoms with Gasteiger partial charge in [0.25, 0.3) is 0 Å². The van der Waals surface area contributed by atoms with Crippen LogP contribution in [0.15, 0.2) is 66.7 Å². The zero-order chi connectivity index (χ0) is 28.2. The number of hydrogen-bond acceptors (Lipinski definition) is 6. The number of hydrogen-bond donors (Lipinski definition) is 1. The predicted octanol–water partition coefficient (Wildman–Crippen LogP) is 5.64. The van der Waals surface area contributed by atoms with Gasteiger partial charge in [0.15, 0.2) is 11.5 Å². The van der Waals surface area contributed by atoms with Crippen molar-refractivity contribution in [1.29, 1.82) is 0 Å². The van der Waals surface area contributed by atoms with Crippen molar-refractivity contribution in [3.05, 3.63) is 83.1 Å². The molecule has 1 amide bonds. The Bertz CT molecular complexity index is 1370. The minimum absolute atomic E-state index is 0.00443. The number of halogens is 2. The van der Waals surface area contributed by atoms with Gasteiger partial charge in [-0.15, -0.1) is 0 Å². The highest BCUT2D eigenvalue weighted by molar-refractivity contribution is 6.31. The first-order valence-electron chi connectivity index (χ1n) is 14.4. The fourth-order valence-electron chi connectivity index (χ4n) is 6.39. The van der Waals surface area contributed by atoms with Gasteiger partial charge in [-0.2, -0.15) is 0 Å². The van der Waals surface area contributed by atoms with Crippen LogP contribution in [0.25, 0.3) is 0 Å². The van der Waals surface area contributed by atoms with Crippen LogP contribution >= 0.6 is 11.6 Å². The van der Waals surface area contributed by atoms with Gasteiger partial charge in [0, 0.05) is 68.5 Å². The van der Waals surface area contributed by atoms with Crippen LogP contribution in [-0.2, 0) is 11.3 Å². The first kappa shape index (κ1) is 27.8. The van der Waals surface area contributed by atoms with E-state index in [4.69, 9.17) is 21.1 Å². The maximum atomic E-state index is 14.4. The Labute approximate surface area is 245 Å². The number of fused-ring (bicyclic) bond motifs is 1. The summed E-state index contributed by atoms with van der Waals surface area (Å²) >= 11 is 6.48. The highest BCUT2D eigenvalue weighted by Gasteiger charge is 2.35. The summed E-state index contributed by atoms with van der Waals surface area (Å²) in [6.07, 6.45) is 2.25. The predicted molar refractivity (Wildman–Crippen MR) is 159 cm³/mol. The van der Waals surface area contributed by atoms with E-state index in [2.05, 4.69) is 26.1 Å². The number of rotatable bonds is 8. The third-order valence-electron chi connectivity index (χ3n) is 8.50. The topological polar surface area (TPSA) is 57.3 Å². The molecule has 216 valence electrons. The van der Waals surface area contributed by atoms with E-state index in [-0.39, 0.29) is 18.5 Å². The van der Waals surface area contributed by atoms with E-state index in [1.54, 1.807) is 6.07 Å². The van der Waals surface area contributed by atoms with Gasteiger partial charge in [-0.1, -0.05) is 41.9 Å². The van der Waals surface area contributed by atoms with Crippen LogP contribution in [0.1, 0.15) is 24.8 Å². The number of benzene rings is 3. The molecule has 7 nitrogen and oxygen atoms in total. The van der Waals surface area contributed by atoms with Gasteiger partial charge in [-0.3, -0.25) is 14.6 Å². The van der Waals surface area contributed by atoms with Gasteiger partial charge in [0.2, 0.25) is 12.7 Å². The first-order chi connectivity index (χ1) is 20.0. The van der Waals surface area contributed by atoms with Crippen molar-refractivity contribution in [2.24, 2.45) is 5.92 Å². The summed E-state index contributed by atoms with van der Waals surface area (Å²) in [6.45, 7) is 6.22. The molecule has 3 aromatic carbocycles. The summed E-state index contributed by atoms with van der Waals surface area (Å²) in [5.74, 6) is 1.51. The van der Waals surface area contributed by atoms with E-state index in [0.717, 1.165) is 69.2 Å². The normalized spacial score (nSPS) is 21.2. The average Bonchev–Trinajstić information content (AvgIpc) is 3.46. The Morgan fingerprint density at radius 3 is 2.56 bits per heavy atom. The largest absolute Gasteiger partial charge is 0.454 e. The fourth-order valence-corrected chi connectivity index (χ4v) is 6.58. The van der Waals surface area contributed by atoms with Crippen molar-refractivity contribution in [3.8, 4) is 11.5 Å². The second-order valence-electron chi connectivity index (χ2n) is 11.1. The summed E-state index contributed by atoms with van der Waals surface area (Å²) < 4.78 is 25.2. The second kappa shape index (κ2) is 12.7. The van der Waals surface area contributed by atoms with Gasteiger partial charge >= 0.3 is 0 Å². The van der Waals surface area contributed by atoms with Gasteiger partial charge in [0.05, 0.1) is 5.69 Å². The molecule has 0 aromatic heterocycles. The van der Waals surface area contributed by atoms with Crippen molar-refractivity contribution in [1.82, 2.24) is 9.80 Å². The van der Waals surface area contributed by atoms with E-state index >= 15 is 0 Å². The number of piperidine rings is 1. The molecule has 0 aliphatic carbocycles. The molecule has 0 saturated carbocycles. The number of nitrogens with zero attached hydrogens (tertiary/aromatic N) is 3. The van der Waals surface area contributed by atoms with Crippen LogP contribution < -0.4 is 19.7 Å². The summed E-state index contributed by atoms with van der Waals surface area (Å²) in [5, 5.41) is 3.82. The van der Waals surface area contributed by atoms with E-state index in [0.29, 0.717) is 41.3 Å². The molecule has 3 aliphatic heterocycles. The molecule has 2 atom stereocenters. The van der Waals surface area contributed by atoms with E-state index in [1.165, 1.54) is 6.07 Å². The Balaban J connectivity index is 1.10. The molecule has 0 bridgehead atoms. The standard InChI is InChI=1S/C32H36ClFN4O3/c33-26-6-2-1-5-23(26)20-36-14-13-28(37-15-17-38(18-16-37)29-8-4-3-7-27(29)34)24(21-36)9-12-32(39)35-25-10-11-30-31(19-25)41-22-40-30/h1-8,10-11,19,24,28H,9,12-18,20-22H2,(H,35,39)/t24-,28+/m1/s1. The highest BCUT2D eigenvalue weighted by atomic mass is 35.5. The van der Waals surface area contributed by atoms with Crippen molar-refractivity contribution >= 4 is 28.9 Å². The van der Waals surface area contributed by atoms with Crippen molar-refractivity contribution in [2.75, 3.05) is 56.3 Å². The van der Waals surface area contributed by atoms with Crippen LogP contribution in [0.2, 0.25) is 5.02 Å². The van der Waals surface area contributed by atoms with E-state index in [9.17, 15) is 9.18 Å². The van der Waals surface area contributed by atoms with Gasteiger partial charge in [-0.25, -0.2) is 4.39 Å². The lowest BCUT2D eigenvalue weighted by Gasteiger charge is -2.47. The summed E-state index contributed by atoms with van der Waals surface area (Å²) in [5.41, 5.74) is 2.52. The zero-order valence-electron chi connectivity index (χ0n) is 23.1. The quantitative estimate of drug-likeness (QED) is 0.373. The molecule has 3 aromatic rings. The maximum Gasteiger partial charge on any atom is 0.231 e. The molecule has 2 saturated heterocycles. The van der Waals surface area contributed by atoms with Gasteiger partial charge in [-0.05, 0) is 61.2 Å². The van der Waals surface area contributed by atoms with Crippen molar-refractivity contribution < 1.29 is 18.7 Å². The lowest BCUT2D eigenvalue weighted by Crippen LogP contribution is -2.56. The van der Waals surface area contributed by atoms with Gasteiger partial charge < -0.3 is 19.7 Å². The Kier molecular flexibility index (Phi) is 8.60. The maximum absolute atomic E-state index is 14.4. The number of piperazine rings is 1. The summed E-state index contributed by atoms with van der Waals surface area (Å²) in [6, 6.07) is 20.9. The van der Waals surface area contributed by atoms with E-state index < -0.39 is 0 Å². The number of carbonyl (C=O) groups excluding carboxylic acids is 1. The first-order valence-corrected chi connectivity index (χ1v) is 14.8. The van der Waals surface area contributed by atoms with E-state index in [1.807, 2.05) is 48.5 Å². The van der Waals surface area contributed by atoms with Crippen LogP contribution in [0.5, 0.6) is 11.5 Å².